The van der Waals surface area contributed by atoms with Crippen molar-refractivity contribution in [2.75, 3.05) is 5.32 Å². The van der Waals surface area contributed by atoms with Crippen molar-refractivity contribution in [2.24, 2.45) is 0 Å². The molecule has 1 N–H and O–H groups in total. The Labute approximate surface area is 114 Å². The highest BCUT2D eigenvalue weighted by atomic mass is 79.9. The molecule has 0 radical (unpaired) electrons. The summed E-state index contributed by atoms with van der Waals surface area (Å²) in [7, 11) is 0. The SMILES string of the molecule is O=C(Nc1ccc(F)nc1F)c1ccc(F)c(Br)c1. The fourth-order valence-corrected chi connectivity index (χ4v) is 1.72. The molecule has 0 saturated heterocycles. The number of aromatic nitrogens is 1. The third kappa shape index (κ3) is 3.11. The lowest BCUT2D eigenvalue weighted by molar-refractivity contribution is 0.102. The summed E-state index contributed by atoms with van der Waals surface area (Å²) in [6.07, 6.45) is 0. The quantitative estimate of drug-likeness (QED) is 0.856. The summed E-state index contributed by atoms with van der Waals surface area (Å²) < 4.78 is 38.9. The molecule has 0 aliphatic heterocycles. The van der Waals surface area contributed by atoms with E-state index in [1.807, 2.05) is 0 Å². The number of nitrogens with one attached hydrogen (secondary N) is 1. The van der Waals surface area contributed by atoms with Gasteiger partial charge in [0.15, 0.2) is 0 Å². The number of benzene rings is 1. The molecule has 19 heavy (non-hydrogen) atoms. The number of carbonyl (C=O) groups excluding carboxylic acids is 1. The molecule has 1 aromatic carbocycles. The van der Waals surface area contributed by atoms with E-state index in [2.05, 4.69) is 26.2 Å². The van der Waals surface area contributed by atoms with Gasteiger partial charge in [-0.05, 0) is 46.3 Å². The number of pyridine rings is 1. The maximum absolute atomic E-state index is 13.2. The molecule has 1 amide bonds. The van der Waals surface area contributed by atoms with E-state index in [-0.39, 0.29) is 15.7 Å². The van der Waals surface area contributed by atoms with E-state index in [9.17, 15) is 18.0 Å². The van der Waals surface area contributed by atoms with Crippen LogP contribution in [0.25, 0.3) is 0 Å². The number of amides is 1. The first-order chi connectivity index (χ1) is 8.97. The topological polar surface area (TPSA) is 42.0 Å². The maximum atomic E-state index is 13.2. The van der Waals surface area contributed by atoms with Crippen LogP contribution in [-0.4, -0.2) is 10.9 Å². The Morgan fingerprint density at radius 3 is 2.53 bits per heavy atom. The minimum absolute atomic E-state index is 0.109. The van der Waals surface area contributed by atoms with Crippen molar-refractivity contribution in [1.29, 1.82) is 0 Å². The van der Waals surface area contributed by atoms with Crippen molar-refractivity contribution >= 4 is 27.5 Å². The molecule has 0 atom stereocenters. The lowest BCUT2D eigenvalue weighted by Crippen LogP contribution is -2.14. The van der Waals surface area contributed by atoms with E-state index in [4.69, 9.17) is 0 Å². The van der Waals surface area contributed by atoms with Crippen LogP contribution in [0.5, 0.6) is 0 Å². The number of hydrogen-bond donors (Lipinski definition) is 1. The molecule has 3 nitrogen and oxygen atoms in total. The van der Waals surface area contributed by atoms with Gasteiger partial charge in [-0.15, -0.1) is 0 Å². The highest BCUT2D eigenvalue weighted by molar-refractivity contribution is 9.10. The third-order valence-corrected chi connectivity index (χ3v) is 2.85. The Morgan fingerprint density at radius 2 is 1.89 bits per heavy atom. The summed E-state index contributed by atoms with van der Waals surface area (Å²) in [5.74, 6) is -3.30. The van der Waals surface area contributed by atoms with Gasteiger partial charge in [-0.1, -0.05) is 0 Å². The van der Waals surface area contributed by atoms with Crippen molar-refractivity contribution < 1.29 is 18.0 Å². The predicted molar refractivity (Wildman–Crippen MR) is 66.2 cm³/mol. The minimum atomic E-state index is -1.13. The Hall–Kier alpha value is -1.89. The average molecular weight is 331 g/mol. The zero-order valence-corrected chi connectivity index (χ0v) is 10.8. The lowest BCUT2D eigenvalue weighted by Gasteiger charge is -2.06. The molecular weight excluding hydrogens is 325 g/mol. The largest absolute Gasteiger partial charge is 0.318 e. The van der Waals surface area contributed by atoms with Crippen LogP contribution in [-0.2, 0) is 0 Å². The van der Waals surface area contributed by atoms with Crippen LogP contribution in [0.3, 0.4) is 0 Å². The average Bonchev–Trinajstić information content (AvgIpc) is 2.36. The smallest absolute Gasteiger partial charge is 0.255 e. The summed E-state index contributed by atoms with van der Waals surface area (Å²) in [6.45, 7) is 0. The molecule has 0 saturated carbocycles. The molecule has 98 valence electrons. The maximum Gasteiger partial charge on any atom is 0.255 e. The van der Waals surface area contributed by atoms with Crippen LogP contribution in [0.15, 0.2) is 34.8 Å². The molecule has 2 rings (SSSR count). The molecular formula is C12H6BrF3N2O. The zero-order valence-electron chi connectivity index (χ0n) is 9.25. The molecule has 0 unspecified atom stereocenters. The summed E-state index contributed by atoms with van der Waals surface area (Å²) in [5, 5.41) is 2.21. The number of rotatable bonds is 2. The monoisotopic (exact) mass is 330 g/mol. The summed E-state index contributed by atoms with van der Waals surface area (Å²) >= 11 is 2.93. The van der Waals surface area contributed by atoms with Gasteiger partial charge in [-0.2, -0.15) is 13.8 Å². The fraction of sp³-hybridized carbons (Fsp3) is 0. The fourth-order valence-electron chi connectivity index (χ4n) is 1.34. The van der Waals surface area contributed by atoms with E-state index in [0.29, 0.717) is 0 Å². The van der Waals surface area contributed by atoms with Gasteiger partial charge in [0, 0.05) is 5.56 Å². The highest BCUT2D eigenvalue weighted by Crippen LogP contribution is 2.18. The third-order valence-electron chi connectivity index (χ3n) is 2.24. The molecule has 0 fully saturated rings. The molecule has 0 bridgehead atoms. The second-order valence-electron chi connectivity index (χ2n) is 3.56. The van der Waals surface area contributed by atoms with E-state index in [1.54, 1.807) is 0 Å². The van der Waals surface area contributed by atoms with Crippen molar-refractivity contribution in [1.82, 2.24) is 4.98 Å². The van der Waals surface area contributed by atoms with Crippen molar-refractivity contribution in [3.05, 3.63) is 58.1 Å². The van der Waals surface area contributed by atoms with E-state index in [1.165, 1.54) is 12.1 Å². The Kier molecular flexibility index (Phi) is 3.84. The van der Waals surface area contributed by atoms with Gasteiger partial charge in [0.25, 0.3) is 5.91 Å². The standard InChI is InChI=1S/C12H6BrF3N2O/c13-7-5-6(1-2-8(7)14)12(19)17-9-3-4-10(15)18-11(9)16/h1-5H,(H,17,19). The van der Waals surface area contributed by atoms with Gasteiger partial charge >= 0.3 is 0 Å². The molecule has 0 aliphatic carbocycles. The normalized spacial score (nSPS) is 10.3. The van der Waals surface area contributed by atoms with Gasteiger partial charge in [0.1, 0.15) is 5.82 Å². The number of nitrogens with zero attached hydrogens (tertiary/aromatic N) is 1. The van der Waals surface area contributed by atoms with E-state index < -0.39 is 23.6 Å². The summed E-state index contributed by atoms with van der Waals surface area (Å²) in [4.78, 5) is 14.7. The second kappa shape index (κ2) is 5.40. The van der Waals surface area contributed by atoms with Gasteiger partial charge in [-0.25, -0.2) is 4.39 Å². The van der Waals surface area contributed by atoms with Crippen LogP contribution < -0.4 is 5.32 Å². The molecule has 7 heteroatoms. The Balaban J connectivity index is 2.23. The van der Waals surface area contributed by atoms with Crippen LogP contribution in [0.4, 0.5) is 18.9 Å². The van der Waals surface area contributed by atoms with Gasteiger partial charge in [0.2, 0.25) is 11.9 Å². The number of halogens is 4. The zero-order chi connectivity index (χ0) is 14.0. The molecule has 0 aliphatic rings. The summed E-state index contributed by atoms with van der Waals surface area (Å²) in [5.41, 5.74) is -0.135. The van der Waals surface area contributed by atoms with Gasteiger partial charge < -0.3 is 5.32 Å². The number of anilines is 1. The van der Waals surface area contributed by atoms with Crippen molar-refractivity contribution in [3.8, 4) is 0 Å². The second-order valence-corrected chi connectivity index (χ2v) is 4.41. The highest BCUT2D eigenvalue weighted by Gasteiger charge is 2.12. The van der Waals surface area contributed by atoms with E-state index >= 15 is 0 Å². The first kappa shape index (κ1) is 13.5. The molecule has 2 aromatic rings. The van der Waals surface area contributed by atoms with Crippen LogP contribution in [0, 0.1) is 17.7 Å². The number of hydrogen-bond acceptors (Lipinski definition) is 2. The Bertz CT molecular complexity index is 649. The van der Waals surface area contributed by atoms with Crippen molar-refractivity contribution in [3.63, 3.8) is 0 Å². The molecule has 1 aromatic heterocycles. The first-order valence-corrected chi connectivity index (χ1v) is 5.85. The van der Waals surface area contributed by atoms with Crippen LogP contribution in [0.1, 0.15) is 10.4 Å². The number of carbonyl (C=O) groups is 1. The summed E-state index contributed by atoms with van der Waals surface area (Å²) in [6, 6.07) is 5.55. The Morgan fingerprint density at radius 1 is 1.16 bits per heavy atom. The van der Waals surface area contributed by atoms with Gasteiger partial charge in [0.05, 0.1) is 10.2 Å². The lowest BCUT2D eigenvalue weighted by atomic mass is 10.2. The van der Waals surface area contributed by atoms with Crippen molar-refractivity contribution in [2.45, 2.75) is 0 Å². The van der Waals surface area contributed by atoms with E-state index in [0.717, 1.165) is 18.2 Å². The van der Waals surface area contributed by atoms with Crippen LogP contribution >= 0.6 is 15.9 Å². The molecule has 0 spiro atoms. The van der Waals surface area contributed by atoms with Crippen LogP contribution in [0.2, 0.25) is 0 Å². The van der Waals surface area contributed by atoms with Gasteiger partial charge in [-0.3, -0.25) is 4.79 Å². The predicted octanol–water partition coefficient (Wildman–Crippen LogP) is 3.51. The minimum Gasteiger partial charge on any atom is -0.318 e. The first-order valence-electron chi connectivity index (χ1n) is 5.06. The molecule has 1 heterocycles.